The number of carboxylic acids is 1. The second kappa shape index (κ2) is 3.47. The maximum Gasteiger partial charge on any atom is 0.307 e. The third-order valence-corrected chi connectivity index (χ3v) is 1.92. The van der Waals surface area contributed by atoms with Crippen molar-refractivity contribution < 1.29 is 15.0 Å². The van der Waals surface area contributed by atoms with E-state index in [1.54, 1.807) is 13.0 Å². The second-order valence-electron chi connectivity index (χ2n) is 3.15. The summed E-state index contributed by atoms with van der Waals surface area (Å²) in [6.45, 7) is 3.66. The van der Waals surface area contributed by atoms with Gasteiger partial charge in [0.25, 0.3) is 0 Å². The first kappa shape index (κ1) is 9.58. The number of benzene rings is 1. The smallest absolute Gasteiger partial charge is 0.307 e. The predicted molar refractivity (Wildman–Crippen MR) is 48.9 cm³/mol. The van der Waals surface area contributed by atoms with Gasteiger partial charge >= 0.3 is 5.97 Å². The molecular formula is C10H12O3. The van der Waals surface area contributed by atoms with Gasteiger partial charge in [-0.25, -0.2) is 0 Å². The highest BCUT2D eigenvalue weighted by atomic mass is 16.4. The van der Waals surface area contributed by atoms with Crippen LogP contribution in [0.3, 0.4) is 0 Å². The van der Waals surface area contributed by atoms with Crippen molar-refractivity contribution in [3.63, 3.8) is 0 Å². The quantitative estimate of drug-likeness (QED) is 0.727. The molecule has 1 aromatic carbocycles. The molecule has 13 heavy (non-hydrogen) atoms. The van der Waals surface area contributed by atoms with Crippen molar-refractivity contribution in [1.82, 2.24) is 0 Å². The first-order valence-corrected chi connectivity index (χ1v) is 4.01. The maximum atomic E-state index is 10.4. The van der Waals surface area contributed by atoms with Crippen molar-refractivity contribution in [1.29, 1.82) is 0 Å². The van der Waals surface area contributed by atoms with Gasteiger partial charge in [0.05, 0.1) is 6.42 Å². The van der Waals surface area contributed by atoms with E-state index in [2.05, 4.69) is 0 Å². The molecule has 2 N–H and O–H groups in total. The summed E-state index contributed by atoms with van der Waals surface area (Å²) in [7, 11) is 0. The summed E-state index contributed by atoms with van der Waals surface area (Å²) in [5, 5.41) is 18.0. The van der Waals surface area contributed by atoms with Gasteiger partial charge in [-0.2, -0.15) is 0 Å². The standard InChI is InChI=1S/C10H12O3/c1-6-3-7(2)8(5-10(12)13)9(11)4-6/h3-4,11H,5H2,1-2H3,(H,12,13). The molecule has 0 spiro atoms. The Morgan fingerprint density at radius 2 is 2.00 bits per heavy atom. The third kappa shape index (κ3) is 2.21. The van der Waals surface area contributed by atoms with Gasteiger partial charge in [0.2, 0.25) is 0 Å². The first-order valence-electron chi connectivity index (χ1n) is 4.01. The number of hydrogen-bond acceptors (Lipinski definition) is 2. The van der Waals surface area contributed by atoms with Crippen molar-refractivity contribution in [2.45, 2.75) is 20.3 Å². The molecule has 1 rings (SSSR count). The molecule has 0 saturated heterocycles. The van der Waals surface area contributed by atoms with Crippen LogP contribution in [0.1, 0.15) is 16.7 Å². The lowest BCUT2D eigenvalue weighted by Gasteiger charge is -2.06. The van der Waals surface area contributed by atoms with Gasteiger partial charge < -0.3 is 10.2 Å². The number of phenols is 1. The molecule has 0 aliphatic heterocycles. The van der Waals surface area contributed by atoms with E-state index < -0.39 is 5.97 Å². The highest BCUT2D eigenvalue weighted by Gasteiger charge is 2.09. The fourth-order valence-corrected chi connectivity index (χ4v) is 1.36. The van der Waals surface area contributed by atoms with E-state index in [-0.39, 0.29) is 12.2 Å². The molecular weight excluding hydrogens is 168 g/mol. The van der Waals surface area contributed by atoms with Crippen molar-refractivity contribution in [3.05, 3.63) is 28.8 Å². The minimum Gasteiger partial charge on any atom is -0.508 e. The lowest BCUT2D eigenvalue weighted by Crippen LogP contribution is -2.02. The number of hydrogen-bond donors (Lipinski definition) is 2. The zero-order valence-electron chi connectivity index (χ0n) is 7.66. The van der Waals surface area contributed by atoms with Crippen molar-refractivity contribution in [2.75, 3.05) is 0 Å². The topological polar surface area (TPSA) is 57.5 Å². The first-order chi connectivity index (χ1) is 6.00. The number of aromatic hydroxyl groups is 1. The van der Waals surface area contributed by atoms with Crippen molar-refractivity contribution in [3.8, 4) is 5.75 Å². The Morgan fingerprint density at radius 1 is 1.38 bits per heavy atom. The predicted octanol–water partition coefficient (Wildman–Crippen LogP) is 1.64. The van der Waals surface area contributed by atoms with Gasteiger partial charge in [0.15, 0.2) is 0 Å². The van der Waals surface area contributed by atoms with Crippen LogP contribution in [0.15, 0.2) is 12.1 Å². The van der Waals surface area contributed by atoms with E-state index in [9.17, 15) is 9.90 Å². The van der Waals surface area contributed by atoms with Crippen LogP contribution in [0.2, 0.25) is 0 Å². The fraction of sp³-hybridized carbons (Fsp3) is 0.300. The maximum absolute atomic E-state index is 10.4. The third-order valence-electron chi connectivity index (χ3n) is 1.92. The van der Waals surface area contributed by atoms with Crippen LogP contribution in [-0.4, -0.2) is 16.2 Å². The second-order valence-corrected chi connectivity index (χ2v) is 3.15. The molecule has 0 unspecified atom stereocenters. The normalized spacial score (nSPS) is 10.0. The number of aryl methyl sites for hydroxylation is 2. The lowest BCUT2D eigenvalue weighted by molar-refractivity contribution is -0.136. The summed E-state index contributed by atoms with van der Waals surface area (Å²) < 4.78 is 0. The Kier molecular flexibility index (Phi) is 2.56. The molecule has 3 heteroatoms. The van der Waals surface area contributed by atoms with Gasteiger partial charge in [-0.1, -0.05) is 6.07 Å². The number of carbonyl (C=O) groups is 1. The molecule has 0 saturated carbocycles. The van der Waals surface area contributed by atoms with Gasteiger partial charge in [0, 0.05) is 5.56 Å². The summed E-state index contributed by atoms with van der Waals surface area (Å²) in [6, 6.07) is 3.43. The van der Waals surface area contributed by atoms with Crippen molar-refractivity contribution in [2.24, 2.45) is 0 Å². The molecule has 0 atom stereocenters. The van der Waals surface area contributed by atoms with Crippen LogP contribution in [0, 0.1) is 13.8 Å². The number of carboxylic acid groups (broad SMARTS) is 1. The molecule has 0 aromatic heterocycles. The fourth-order valence-electron chi connectivity index (χ4n) is 1.36. The minimum atomic E-state index is -0.928. The van der Waals surface area contributed by atoms with Crippen molar-refractivity contribution >= 4 is 5.97 Å². The Labute approximate surface area is 76.6 Å². The largest absolute Gasteiger partial charge is 0.508 e. The highest BCUT2D eigenvalue weighted by Crippen LogP contribution is 2.23. The van der Waals surface area contributed by atoms with Gasteiger partial charge in [-0.05, 0) is 31.0 Å². The molecule has 0 radical (unpaired) electrons. The van der Waals surface area contributed by atoms with Crippen LogP contribution < -0.4 is 0 Å². The average Bonchev–Trinajstić information content (AvgIpc) is 1.96. The zero-order chi connectivity index (χ0) is 10.0. The minimum absolute atomic E-state index is 0.0694. The van der Waals surface area contributed by atoms with E-state index in [1.165, 1.54) is 0 Å². The van der Waals surface area contributed by atoms with Gasteiger partial charge in [-0.3, -0.25) is 4.79 Å². The monoisotopic (exact) mass is 180 g/mol. The zero-order valence-corrected chi connectivity index (χ0v) is 7.66. The van der Waals surface area contributed by atoms with Crippen LogP contribution in [0.5, 0.6) is 5.75 Å². The molecule has 3 nitrogen and oxygen atoms in total. The van der Waals surface area contributed by atoms with Crippen LogP contribution in [0.25, 0.3) is 0 Å². The summed E-state index contributed by atoms with van der Waals surface area (Å²) >= 11 is 0. The lowest BCUT2D eigenvalue weighted by atomic mass is 10.0. The number of phenolic OH excluding ortho intramolecular Hbond substituents is 1. The molecule has 70 valence electrons. The Morgan fingerprint density at radius 3 is 2.46 bits per heavy atom. The SMILES string of the molecule is Cc1cc(C)c(CC(=O)O)c(O)c1. The van der Waals surface area contributed by atoms with Gasteiger partial charge in [-0.15, -0.1) is 0 Å². The summed E-state index contributed by atoms with van der Waals surface area (Å²) in [5.41, 5.74) is 2.25. The van der Waals surface area contributed by atoms with E-state index in [1.807, 2.05) is 13.0 Å². The summed E-state index contributed by atoms with van der Waals surface area (Å²) in [5.74, 6) is -0.859. The molecule has 0 aliphatic carbocycles. The van der Waals surface area contributed by atoms with Gasteiger partial charge in [0.1, 0.15) is 5.75 Å². The molecule has 0 amide bonds. The van der Waals surface area contributed by atoms with E-state index in [0.29, 0.717) is 5.56 Å². The molecule has 0 bridgehead atoms. The van der Waals surface area contributed by atoms with E-state index in [4.69, 9.17) is 5.11 Å². The Balaban J connectivity index is 3.13. The summed E-state index contributed by atoms with van der Waals surface area (Å²) in [4.78, 5) is 10.4. The van der Waals surface area contributed by atoms with Crippen LogP contribution in [0.4, 0.5) is 0 Å². The molecule has 1 aromatic rings. The number of aliphatic carboxylic acids is 1. The Bertz CT molecular complexity index is 319. The average molecular weight is 180 g/mol. The number of rotatable bonds is 2. The molecule has 0 aliphatic rings. The van der Waals surface area contributed by atoms with E-state index in [0.717, 1.165) is 11.1 Å². The van der Waals surface area contributed by atoms with Crippen LogP contribution in [-0.2, 0) is 11.2 Å². The van der Waals surface area contributed by atoms with E-state index >= 15 is 0 Å². The summed E-state index contributed by atoms with van der Waals surface area (Å²) in [6.07, 6.45) is -0.127. The highest BCUT2D eigenvalue weighted by molar-refractivity contribution is 5.72. The molecule has 0 fully saturated rings. The molecule has 0 heterocycles. The van der Waals surface area contributed by atoms with Crippen LogP contribution >= 0.6 is 0 Å². The Hall–Kier alpha value is -1.51.